The van der Waals surface area contributed by atoms with Crippen molar-refractivity contribution in [1.82, 2.24) is 0 Å². The highest BCUT2D eigenvalue weighted by atomic mass is 16.1. The van der Waals surface area contributed by atoms with Gasteiger partial charge in [0.1, 0.15) is 5.78 Å². The van der Waals surface area contributed by atoms with Crippen LogP contribution in [0.2, 0.25) is 0 Å². The average Bonchev–Trinajstić information content (AvgIpc) is 1.79. The average molecular weight is 156 g/mol. The molecule has 0 saturated heterocycles. The Balaban J connectivity index is 4.22. The molecule has 1 atom stereocenters. The zero-order valence-corrected chi connectivity index (χ0v) is 8.40. The van der Waals surface area contributed by atoms with Crippen LogP contribution in [-0.4, -0.2) is 5.78 Å². The van der Waals surface area contributed by atoms with Gasteiger partial charge in [-0.15, -0.1) is 0 Å². The van der Waals surface area contributed by atoms with E-state index < -0.39 is 0 Å². The van der Waals surface area contributed by atoms with Crippen LogP contribution in [0.25, 0.3) is 0 Å². The van der Waals surface area contributed by atoms with Gasteiger partial charge in [-0.1, -0.05) is 34.1 Å². The largest absolute Gasteiger partial charge is 0.300 e. The minimum atomic E-state index is 0.141. The Hall–Kier alpha value is -0.330. The normalized spacial score (nSPS) is 14.6. The van der Waals surface area contributed by atoms with Crippen molar-refractivity contribution in [2.45, 2.75) is 47.5 Å². The zero-order chi connectivity index (χ0) is 9.07. The van der Waals surface area contributed by atoms with Crippen LogP contribution in [-0.2, 0) is 4.79 Å². The predicted molar refractivity (Wildman–Crippen MR) is 48.5 cm³/mol. The maximum absolute atomic E-state index is 11.2. The van der Waals surface area contributed by atoms with E-state index >= 15 is 0 Å². The number of ketones is 1. The van der Waals surface area contributed by atoms with Gasteiger partial charge in [0.25, 0.3) is 0 Å². The molecule has 0 bridgehead atoms. The second kappa shape index (κ2) is 3.89. The van der Waals surface area contributed by atoms with Gasteiger partial charge in [0.2, 0.25) is 0 Å². The molecule has 0 aliphatic rings. The molecule has 0 rings (SSSR count). The first-order chi connectivity index (χ1) is 4.89. The zero-order valence-electron chi connectivity index (χ0n) is 8.40. The van der Waals surface area contributed by atoms with E-state index in [1.807, 2.05) is 0 Å². The quantitative estimate of drug-likeness (QED) is 0.614. The van der Waals surface area contributed by atoms with Crippen LogP contribution in [0.1, 0.15) is 47.5 Å². The minimum absolute atomic E-state index is 0.141. The molecule has 0 saturated carbocycles. The standard InChI is InChI=1S/C10H20O/c1-6-7-9(8(2)11)10(3,4)5/h9H,6-7H2,1-5H3/t9-/m0/s1. The van der Waals surface area contributed by atoms with Crippen molar-refractivity contribution >= 4 is 5.78 Å². The third-order valence-corrected chi connectivity index (χ3v) is 2.11. The molecule has 0 aliphatic heterocycles. The van der Waals surface area contributed by atoms with E-state index in [-0.39, 0.29) is 11.3 Å². The van der Waals surface area contributed by atoms with Crippen molar-refractivity contribution < 1.29 is 4.79 Å². The van der Waals surface area contributed by atoms with E-state index in [2.05, 4.69) is 27.7 Å². The van der Waals surface area contributed by atoms with E-state index in [1.165, 1.54) is 0 Å². The molecular weight excluding hydrogens is 136 g/mol. The lowest BCUT2D eigenvalue weighted by Gasteiger charge is -2.28. The van der Waals surface area contributed by atoms with Gasteiger partial charge in [-0.25, -0.2) is 0 Å². The molecule has 0 fully saturated rings. The summed E-state index contributed by atoms with van der Waals surface area (Å²) in [5.41, 5.74) is 0.141. The van der Waals surface area contributed by atoms with Crippen molar-refractivity contribution in [3.63, 3.8) is 0 Å². The van der Waals surface area contributed by atoms with Crippen molar-refractivity contribution in [3.05, 3.63) is 0 Å². The summed E-state index contributed by atoms with van der Waals surface area (Å²) in [5, 5.41) is 0. The molecule has 1 nitrogen and oxygen atoms in total. The molecule has 0 aromatic carbocycles. The highest BCUT2D eigenvalue weighted by Gasteiger charge is 2.27. The lowest BCUT2D eigenvalue weighted by molar-refractivity contribution is -0.124. The second-order valence-electron chi connectivity index (χ2n) is 4.32. The first kappa shape index (κ1) is 10.7. The summed E-state index contributed by atoms with van der Waals surface area (Å²) in [6.45, 7) is 10.2. The Labute approximate surface area is 70.2 Å². The molecular formula is C10H20O. The molecule has 0 unspecified atom stereocenters. The summed E-state index contributed by atoms with van der Waals surface area (Å²) in [6.07, 6.45) is 2.13. The predicted octanol–water partition coefficient (Wildman–Crippen LogP) is 3.04. The van der Waals surface area contributed by atoms with Gasteiger partial charge in [0.05, 0.1) is 0 Å². The van der Waals surface area contributed by atoms with Gasteiger partial charge in [0.15, 0.2) is 0 Å². The number of Topliss-reactive ketones (excluding diaryl/α,β-unsaturated/α-hetero) is 1. The molecule has 0 N–H and O–H groups in total. The number of carbonyl (C=O) groups is 1. The lowest BCUT2D eigenvalue weighted by atomic mass is 9.76. The summed E-state index contributed by atoms with van der Waals surface area (Å²) < 4.78 is 0. The van der Waals surface area contributed by atoms with Crippen molar-refractivity contribution in [1.29, 1.82) is 0 Å². The van der Waals surface area contributed by atoms with E-state index in [0.29, 0.717) is 5.78 Å². The van der Waals surface area contributed by atoms with Crippen molar-refractivity contribution in [3.8, 4) is 0 Å². The summed E-state index contributed by atoms with van der Waals surface area (Å²) in [7, 11) is 0. The van der Waals surface area contributed by atoms with Crippen LogP contribution in [0.3, 0.4) is 0 Å². The van der Waals surface area contributed by atoms with E-state index in [4.69, 9.17) is 0 Å². The number of hydrogen-bond acceptors (Lipinski definition) is 1. The first-order valence-electron chi connectivity index (χ1n) is 4.40. The summed E-state index contributed by atoms with van der Waals surface area (Å²) in [4.78, 5) is 11.2. The molecule has 0 aromatic heterocycles. The van der Waals surface area contributed by atoms with Crippen LogP contribution in [0.4, 0.5) is 0 Å². The van der Waals surface area contributed by atoms with E-state index in [0.717, 1.165) is 12.8 Å². The Kier molecular flexibility index (Phi) is 3.77. The molecule has 0 spiro atoms. The molecule has 0 radical (unpaired) electrons. The fraction of sp³-hybridized carbons (Fsp3) is 0.900. The van der Waals surface area contributed by atoms with Crippen molar-refractivity contribution in [2.24, 2.45) is 11.3 Å². The molecule has 0 aromatic rings. The third kappa shape index (κ3) is 3.54. The molecule has 1 heteroatoms. The molecule has 66 valence electrons. The maximum Gasteiger partial charge on any atom is 0.133 e. The third-order valence-electron chi connectivity index (χ3n) is 2.11. The second-order valence-corrected chi connectivity index (χ2v) is 4.32. The van der Waals surface area contributed by atoms with Crippen LogP contribution in [0, 0.1) is 11.3 Å². The minimum Gasteiger partial charge on any atom is -0.300 e. The van der Waals surface area contributed by atoms with Crippen LogP contribution < -0.4 is 0 Å². The van der Waals surface area contributed by atoms with Gasteiger partial charge in [-0.3, -0.25) is 4.79 Å². The monoisotopic (exact) mass is 156 g/mol. The van der Waals surface area contributed by atoms with E-state index in [1.54, 1.807) is 6.92 Å². The SMILES string of the molecule is CCC[C@@H](C(C)=O)C(C)(C)C. The van der Waals surface area contributed by atoms with Gasteiger partial charge in [-0.2, -0.15) is 0 Å². The van der Waals surface area contributed by atoms with Gasteiger partial charge >= 0.3 is 0 Å². The Morgan fingerprint density at radius 3 is 1.91 bits per heavy atom. The smallest absolute Gasteiger partial charge is 0.133 e. The van der Waals surface area contributed by atoms with Gasteiger partial charge < -0.3 is 0 Å². The summed E-state index contributed by atoms with van der Waals surface area (Å²) in [6, 6.07) is 0. The topological polar surface area (TPSA) is 17.1 Å². The number of carbonyl (C=O) groups excluding carboxylic acids is 1. The Morgan fingerprint density at radius 2 is 1.82 bits per heavy atom. The fourth-order valence-electron chi connectivity index (χ4n) is 1.53. The van der Waals surface area contributed by atoms with E-state index in [9.17, 15) is 4.79 Å². The highest BCUT2D eigenvalue weighted by Crippen LogP contribution is 2.30. The lowest BCUT2D eigenvalue weighted by Crippen LogP contribution is -2.26. The number of rotatable bonds is 3. The Morgan fingerprint density at radius 1 is 1.36 bits per heavy atom. The van der Waals surface area contributed by atoms with Gasteiger partial charge in [-0.05, 0) is 18.8 Å². The number of hydrogen-bond donors (Lipinski definition) is 0. The Bertz CT molecular complexity index is 130. The molecule has 0 aliphatic carbocycles. The van der Waals surface area contributed by atoms with Crippen LogP contribution in [0.15, 0.2) is 0 Å². The van der Waals surface area contributed by atoms with Gasteiger partial charge in [0, 0.05) is 5.92 Å². The summed E-state index contributed by atoms with van der Waals surface area (Å²) in [5.74, 6) is 0.576. The summed E-state index contributed by atoms with van der Waals surface area (Å²) >= 11 is 0. The first-order valence-corrected chi connectivity index (χ1v) is 4.40. The molecule has 11 heavy (non-hydrogen) atoms. The van der Waals surface area contributed by atoms with Crippen molar-refractivity contribution in [2.75, 3.05) is 0 Å². The highest BCUT2D eigenvalue weighted by molar-refractivity contribution is 5.78. The van der Waals surface area contributed by atoms with Crippen LogP contribution in [0.5, 0.6) is 0 Å². The molecule has 0 amide bonds. The fourth-order valence-corrected chi connectivity index (χ4v) is 1.53. The maximum atomic E-state index is 11.2. The van der Waals surface area contributed by atoms with Crippen LogP contribution >= 0.6 is 0 Å². The molecule has 0 heterocycles.